The summed E-state index contributed by atoms with van der Waals surface area (Å²) in [5.74, 6) is 0.225. The van der Waals surface area contributed by atoms with Crippen LogP contribution in [-0.2, 0) is 9.59 Å². The lowest BCUT2D eigenvalue weighted by atomic mass is 10.2. The van der Waals surface area contributed by atoms with Gasteiger partial charge in [-0.3, -0.25) is 9.59 Å². The van der Waals surface area contributed by atoms with E-state index in [1.54, 1.807) is 24.9 Å². The van der Waals surface area contributed by atoms with Gasteiger partial charge in [-0.25, -0.2) is 0 Å². The normalized spacial score (nSPS) is 10.6. The molecule has 0 saturated heterocycles. The van der Waals surface area contributed by atoms with Gasteiger partial charge in [-0.15, -0.1) is 11.8 Å². The largest absolute Gasteiger partial charge is 0.493 e. The summed E-state index contributed by atoms with van der Waals surface area (Å²) in [6.07, 6.45) is 5.09. The molecule has 1 N–H and O–H groups in total. The quantitative estimate of drug-likeness (QED) is 0.554. The van der Waals surface area contributed by atoms with E-state index in [-0.39, 0.29) is 18.4 Å². The fraction of sp³-hybridized carbons (Fsp3) is 0.238. The molecule has 2 amide bonds. The van der Waals surface area contributed by atoms with E-state index in [0.717, 1.165) is 21.9 Å². The number of carbonyl (C=O) groups is 2. The van der Waals surface area contributed by atoms with E-state index in [1.165, 1.54) is 11.0 Å². The minimum Gasteiger partial charge on any atom is -0.493 e. The zero-order valence-corrected chi connectivity index (χ0v) is 16.6. The van der Waals surface area contributed by atoms with Crippen molar-refractivity contribution in [3.63, 3.8) is 0 Å². The number of rotatable bonds is 8. The average molecular weight is 385 g/mol. The van der Waals surface area contributed by atoms with Gasteiger partial charge in [-0.1, -0.05) is 30.3 Å². The van der Waals surface area contributed by atoms with E-state index < -0.39 is 0 Å². The van der Waals surface area contributed by atoms with E-state index in [1.807, 2.05) is 61.7 Å². The summed E-state index contributed by atoms with van der Waals surface area (Å²) in [6.45, 7) is 2.43. The van der Waals surface area contributed by atoms with Crippen molar-refractivity contribution in [3.05, 3.63) is 60.2 Å². The molecule has 2 aromatic rings. The summed E-state index contributed by atoms with van der Waals surface area (Å²) >= 11 is 1.56. The zero-order valence-electron chi connectivity index (χ0n) is 15.8. The Hall–Kier alpha value is -2.73. The molecule has 2 aromatic carbocycles. The highest BCUT2D eigenvalue weighted by molar-refractivity contribution is 7.98. The maximum atomic E-state index is 12.3. The van der Waals surface area contributed by atoms with E-state index >= 15 is 0 Å². The van der Waals surface area contributed by atoms with Gasteiger partial charge < -0.3 is 15.0 Å². The number of amides is 2. The maximum Gasteiger partial charge on any atom is 0.246 e. The highest BCUT2D eigenvalue weighted by Gasteiger charge is 2.12. The Morgan fingerprint density at radius 1 is 1.15 bits per heavy atom. The van der Waals surface area contributed by atoms with E-state index in [9.17, 15) is 9.59 Å². The number of benzene rings is 2. The second kappa shape index (κ2) is 10.4. The van der Waals surface area contributed by atoms with Crippen LogP contribution in [0.2, 0.25) is 0 Å². The summed E-state index contributed by atoms with van der Waals surface area (Å²) in [7, 11) is 1.60. The molecule has 0 bridgehead atoms. The molecule has 142 valence electrons. The van der Waals surface area contributed by atoms with Crippen molar-refractivity contribution in [3.8, 4) is 5.75 Å². The van der Waals surface area contributed by atoms with Gasteiger partial charge in [0.2, 0.25) is 11.8 Å². The molecule has 0 heterocycles. The predicted octanol–water partition coefficient (Wildman–Crippen LogP) is 3.92. The first-order valence-corrected chi connectivity index (χ1v) is 9.85. The lowest BCUT2D eigenvalue weighted by Crippen LogP contribution is -2.33. The fourth-order valence-corrected chi connectivity index (χ4v) is 2.98. The first kappa shape index (κ1) is 20.6. The molecule has 0 atom stereocenters. The Balaban J connectivity index is 1.96. The number of likely N-dealkylation sites (N-methyl/N-ethyl adjacent to an activating group) is 1. The maximum absolute atomic E-state index is 12.3. The van der Waals surface area contributed by atoms with Crippen LogP contribution in [0.15, 0.2) is 59.5 Å². The van der Waals surface area contributed by atoms with Crippen LogP contribution >= 0.6 is 11.8 Å². The number of hydrogen-bond donors (Lipinski definition) is 1. The second-order valence-corrected chi connectivity index (χ2v) is 6.60. The van der Waals surface area contributed by atoms with Crippen molar-refractivity contribution in [1.82, 2.24) is 4.90 Å². The average Bonchev–Trinajstić information content (AvgIpc) is 2.67. The van der Waals surface area contributed by atoms with Gasteiger partial charge in [0.1, 0.15) is 5.75 Å². The number of anilines is 1. The minimum atomic E-state index is -0.255. The third-order valence-corrected chi connectivity index (χ3v) is 4.56. The highest BCUT2D eigenvalue weighted by Crippen LogP contribution is 2.24. The first-order chi connectivity index (χ1) is 13.0. The molecule has 0 aliphatic carbocycles. The van der Waals surface area contributed by atoms with E-state index in [0.29, 0.717) is 6.61 Å². The highest BCUT2D eigenvalue weighted by atomic mass is 32.2. The molecular weight excluding hydrogens is 360 g/mol. The molecule has 0 aliphatic rings. The molecule has 5 nitrogen and oxygen atoms in total. The van der Waals surface area contributed by atoms with Gasteiger partial charge in [0.15, 0.2) is 0 Å². The van der Waals surface area contributed by atoms with Crippen molar-refractivity contribution in [2.45, 2.75) is 11.8 Å². The number of nitrogens with zero attached hydrogens (tertiary/aromatic N) is 1. The standard InChI is InChI=1S/C21H24N2O3S/c1-4-26-18-11-7-5-9-16(18)13-14-21(25)23(2)15-20(24)22-17-10-6-8-12-19(17)27-3/h5-14H,4,15H2,1-3H3,(H,22,24). The molecule has 27 heavy (non-hydrogen) atoms. The Morgan fingerprint density at radius 3 is 2.59 bits per heavy atom. The van der Waals surface area contributed by atoms with E-state index in [2.05, 4.69) is 5.32 Å². The molecule has 0 radical (unpaired) electrons. The Morgan fingerprint density at radius 2 is 1.85 bits per heavy atom. The fourth-order valence-electron chi connectivity index (χ4n) is 2.42. The lowest BCUT2D eigenvalue weighted by molar-refractivity contribution is -0.129. The molecule has 0 spiro atoms. The number of ether oxygens (including phenoxy) is 1. The summed E-state index contributed by atoms with van der Waals surface area (Å²) in [5.41, 5.74) is 1.57. The molecule has 0 aromatic heterocycles. The minimum absolute atomic E-state index is 0.0288. The monoisotopic (exact) mass is 384 g/mol. The molecule has 0 fully saturated rings. The smallest absolute Gasteiger partial charge is 0.246 e. The number of thioether (sulfide) groups is 1. The van der Waals surface area contributed by atoms with Gasteiger partial charge in [-0.05, 0) is 37.5 Å². The third-order valence-electron chi connectivity index (χ3n) is 3.76. The van der Waals surface area contributed by atoms with Gasteiger partial charge in [0.05, 0.1) is 18.8 Å². The predicted molar refractivity (Wildman–Crippen MR) is 111 cm³/mol. The van der Waals surface area contributed by atoms with Crippen LogP contribution < -0.4 is 10.1 Å². The SMILES string of the molecule is CCOc1ccccc1C=CC(=O)N(C)CC(=O)Nc1ccccc1SC. The third kappa shape index (κ3) is 6.18. The zero-order chi connectivity index (χ0) is 19.6. The Kier molecular flexibility index (Phi) is 7.95. The van der Waals surface area contributed by atoms with Crippen molar-refractivity contribution in [2.24, 2.45) is 0 Å². The second-order valence-electron chi connectivity index (χ2n) is 5.75. The number of nitrogens with one attached hydrogen (secondary N) is 1. The summed E-state index contributed by atoms with van der Waals surface area (Å²) < 4.78 is 5.54. The molecule has 0 aliphatic heterocycles. The first-order valence-electron chi connectivity index (χ1n) is 8.63. The van der Waals surface area contributed by atoms with Crippen LogP contribution in [0.25, 0.3) is 6.08 Å². The van der Waals surface area contributed by atoms with Crippen LogP contribution in [0.5, 0.6) is 5.75 Å². The lowest BCUT2D eigenvalue weighted by Gasteiger charge is -2.16. The topological polar surface area (TPSA) is 58.6 Å². The van der Waals surface area contributed by atoms with E-state index in [4.69, 9.17) is 4.74 Å². The van der Waals surface area contributed by atoms with Crippen LogP contribution in [0, 0.1) is 0 Å². The van der Waals surface area contributed by atoms with Gasteiger partial charge in [0.25, 0.3) is 0 Å². The van der Waals surface area contributed by atoms with Crippen LogP contribution in [0.1, 0.15) is 12.5 Å². The molecular formula is C21H24N2O3S. The van der Waals surface area contributed by atoms with Crippen molar-refractivity contribution in [1.29, 1.82) is 0 Å². The summed E-state index contributed by atoms with van der Waals surface area (Å²) in [5, 5.41) is 2.85. The number of carbonyl (C=O) groups excluding carboxylic acids is 2. The molecule has 6 heteroatoms. The number of para-hydroxylation sites is 2. The summed E-state index contributed by atoms with van der Waals surface area (Å²) in [6, 6.07) is 15.1. The van der Waals surface area contributed by atoms with Crippen molar-refractivity contribution < 1.29 is 14.3 Å². The van der Waals surface area contributed by atoms with Crippen molar-refractivity contribution in [2.75, 3.05) is 31.8 Å². The molecule has 0 saturated carbocycles. The summed E-state index contributed by atoms with van der Waals surface area (Å²) in [4.78, 5) is 26.9. The Bertz CT molecular complexity index is 821. The number of hydrogen-bond acceptors (Lipinski definition) is 4. The van der Waals surface area contributed by atoms with Crippen LogP contribution in [0.3, 0.4) is 0 Å². The Labute approximate surface area is 164 Å². The van der Waals surface area contributed by atoms with Gasteiger partial charge in [0, 0.05) is 23.6 Å². The van der Waals surface area contributed by atoms with Crippen LogP contribution in [0.4, 0.5) is 5.69 Å². The van der Waals surface area contributed by atoms with Gasteiger partial charge >= 0.3 is 0 Å². The van der Waals surface area contributed by atoms with Crippen LogP contribution in [-0.4, -0.2) is 43.2 Å². The van der Waals surface area contributed by atoms with Gasteiger partial charge in [-0.2, -0.15) is 0 Å². The van der Waals surface area contributed by atoms with Crippen molar-refractivity contribution >= 4 is 35.3 Å². The molecule has 0 unspecified atom stereocenters. The molecule has 2 rings (SSSR count).